The van der Waals surface area contributed by atoms with Gasteiger partial charge in [-0.25, -0.2) is 4.98 Å². The fraction of sp³-hybridized carbons (Fsp3) is 0.286. The molecular weight excluding hydrogens is 426 g/mol. The highest BCUT2D eigenvalue weighted by Crippen LogP contribution is 2.37. The molecule has 1 aromatic heterocycles. The Morgan fingerprint density at radius 2 is 1.71 bits per heavy atom. The van der Waals surface area contributed by atoms with E-state index in [4.69, 9.17) is 14.5 Å². The molecule has 5 rings (SSSR count). The third kappa shape index (κ3) is 4.23. The first-order chi connectivity index (χ1) is 16.7. The number of nitrogens with zero attached hydrogens (tertiary/aromatic N) is 3. The predicted octanol–water partition coefficient (Wildman–Crippen LogP) is 5.34. The Morgan fingerprint density at radius 3 is 2.53 bits per heavy atom. The second kappa shape index (κ2) is 9.59. The highest BCUT2D eigenvalue weighted by atomic mass is 16.5. The summed E-state index contributed by atoms with van der Waals surface area (Å²) in [5.74, 6) is 2.70. The van der Waals surface area contributed by atoms with Gasteiger partial charge in [0.15, 0.2) is 0 Å². The summed E-state index contributed by atoms with van der Waals surface area (Å²) < 4.78 is 13.8. The first kappa shape index (κ1) is 22.0. The predicted molar refractivity (Wildman–Crippen MR) is 134 cm³/mol. The smallest absolute Gasteiger partial charge is 0.227 e. The molecule has 3 aromatic carbocycles. The number of carbonyl (C=O) groups is 1. The van der Waals surface area contributed by atoms with Crippen LogP contribution in [-0.4, -0.2) is 35.7 Å². The molecule has 0 bridgehead atoms. The average Bonchev–Trinajstić information content (AvgIpc) is 3.43. The Morgan fingerprint density at radius 1 is 0.971 bits per heavy atom. The van der Waals surface area contributed by atoms with E-state index in [-0.39, 0.29) is 11.8 Å². The lowest BCUT2D eigenvalue weighted by Crippen LogP contribution is -2.25. The molecule has 6 nitrogen and oxygen atoms in total. The van der Waals surface area contributed by atoms with Crippen molar-refractivity contribution >= 4 is 22.6 Å². The molecule has 6 heteroatoms. The van der Waals surface area contributed by atoms with Crippen molar-refractivity contribution < 1.29 is 14.3 Å². The number of aryl methyl sites for hydroxylation is 2. The van der Waals surface area contributed by atoms with E-state index in [2.05, 4.69) is 23.6 Å². The number of fused-ring (bicyclic) bond motifs is 1. The first-order valence-corrected chi connectivity index (χ1v) is 11.7. The van der Waals surface area contributed by atoms with Crippen LogP contribution in [0.1, 0.15) is 30.1 Å². The lowest BCUT2D eigenvalue weighted by molar-refractivity contribution is -0.117. The molecule has 0 aliphatic carbocycles. The summed E-state index contributed by atoms with van der Waals surface area (Å²) in [6.45, 7) is 4.04. The van der Waals surface area contributed by atoms with Gasteiger partial charge in [-0.15, -0.1) is 0 Å². The summed E-state index contributed by atoms with van der Waals surface area (Å²) in [7, 11) is 1.63. The van der Waals surface area contributed by atoms with Crippen molar-refractivity contribution in [2.45, 2.75) is 32.2 Å². The van der Waals surface area contributed by atoms with Crippen LogP contribution in [0.25, 0.3) is 11.0 Å². The number of para-hydroxylation sites is 5. The minimum absolute atomic E-state index is 0.0158. The molecule has 2 heterocycles. The molecular formula is C28H29N3O3. The van der Waals surface area contributed by atoms with E-state index in [9.17, 15) is 4.79 Å². The van der Waals surface area contributed by atoms with Crippen molar-refractivity contribution in [3.8, 4) is 11.5 Å². The topological polar surface area (TPSA) is 56.6 Å². The lowest BCUT2D eigenvalue weighted by atomic mass is 10.1. The number of rotatable bonds is 8. The maximum atomic E-state index is 13.0. The minimum atomic E-state index is 0.0158. The normalized spacial score (nSPS) is 15.8. The molecule has 1 aliphatic heterocycles. The number of carbonyl (C=O) groups excluding carboxylic acids is 1. The van der Waals surface area contributed by atoms with Crippen LogP contribution in [0.4, 0.5) is 5.69 Å². The van der Waals surface area contributed by atoms with E-state index in [0.29, 0.717) is 25.3 Å². The van der Waals surface area contributed by atoms with Crippen LogP contribution >= 0.6 is 0 Å². The van der Waals surface area contributed by atoms with E-state index in [1.165, 1.54) is 0 Å². The average molecular weight is 456 g/mol. The minimum Gasteiger partial charge on any atom is -0.495 e. The van der Waals surface area contributed by atoms with Crippen molar-refractivity contribution in [3.05, 3.63) is 84.2 Å². The number of anilines is 1. The molecule has 174 valence electrons. The lowest BCUT2D eigenvalue weighted by Gasteiger charge is -2.20. The van der Waals surface area contributed by atoms with E-state index >= 15 is 0 Å². The van der Waals surface area contributed by atoms with Crippen molar-refractivity contribution in [3.63, 3.8) is 0 Å². The summed E-state index contributed by atoms with van der Waals surface area (Å²) in [6, 6.07) is 23.9. The number of aromatic nitrogens is 2. The second-order valence-electron chi connectivity index (χ2n) is 8.66. The van der Waals surface area contributed by atoms with E-state index < -0.39 is 0 Å². The fourth-order valence-corrected chi connectivity index (χ4v) is 4.73. The number of methoxy groups -OCH3 is 1. The third-order valence-corrected chi connectivity index (χ3v) is 6.43. The van der Waals surface area contributed by atoms with Gasteiger partial charge in [0.1, 0.15) is 17.3 Å². The van der Waals surface area contributed by atoms with Crippen LogP contribution in [0.5, 0.6) is 11.5 Å². The zero-order valence-electron chi connectivity index (χ0n) is 19.6. The number of benzene rings is 3. The van der Waals surface area contributed by atoms with Gasteiger partial charge in [-0.2, -0.15) is 0 Å². The molecule has 0 radical (unpaired) electrons. The number of amides is 1. The molecule has 1 amide bonds. The number of hydrogen-bond acceptors (Lipinski definition) is 4. The first-order valence-electron chi connectivity index (χ1n) is 11.7. The fourth-order valence-electron chi connectivity index (χ4n) is 4.73. The van der Waals surface area contributed by atoms with Crippen LogP contribution in [0.2, 0.25) is 0 Å². The van der Waals surface area contributed by atoms with Gasteiger partial charge in [-0.1, -0.05) is 42.5 Å². The third-order valence-electron chi connectivity index (χ3n) is 6.43. The van der Waals surface area contributed by atoms with Gasteiger partial charge in [0, 0.05) is 25.4 Å². The van der Waals surface area contributed by atoms with Gasteiger partial charge < -0.3 is 18.9 Å². The van der Waals surface area contributed by atoms with Crippen LogP contribution in [0.15, 0.2) is 72.8 Å². The quantitative estimate of drug-likeness (QED) is 0.337. The van der Waals surface area contributed by atoms with Crippen LogP contribution in [-0.2, 0) is 11.3 Å². The van der Waals surface area contributed by atoms with Gasteiger partial charge in [0.25, 0.3) is 0 Å². The maximum Gasteiger partial charge on any atom is 0.227 e. The Balaban J connectivity index is 1.37. The summed E-state index contributed by atoms with van der Waals surface area (Å²) in [6.07, 6.45) is 1.28. The Labute approximate surface area is 199 Å². The highest BCUT2D eigenvalue weighted by Gasteiger charge is 2.35. The molecule has 0 saturated carbocycles. The molecule has 1 saturated heterocycles. The standard InChI is InChI=1S/C28H29N3O3/c1-20-10-3-7-14-25(20)34-17-9-16-30-23-12-5-4-11-22(23)29-28(30)21-18-27(32)31(19-21)24-13-6-8-15-26(24)33-2/h3-8,10-15,21H,9,16-19H2,1-2H3/t21-/m0/s1. The maximum absolute atomic E-state index is 13.0. The van der Waals surface area contributed by atoms with E-state index in [0.717, 1.165) is 46.8 Å². The summed E-state index contributed by atoms with van der Waals surface area (Å²) in [4.78, 5) is 19.8. The Kier molecular flexibility index (Phi) is 6.21. The van der Waals surface area contributed by atoms with Crippen LogP contribution < -0.4 is 14.4 Å². The summed E-state index contributed by atoms with van der Waals surface area (Å²) in [5, 5.41) is 0. The second-order valence-corrected chi connectivity index (χ2v) is 8.66. The van der Waals surface area contributed by atoms with Gasteiger partial charge in [-0.3, -0.25) is 4.79 Å². The molecule has 0 unspecified atom stereocenters. The van der Waals surface area contributed by atoms with Crippen LogP contribution in [0, 0.1) is 6.92 Å². The van der Waals surface area contributed by atoms with E-state index in [1.807, 2.05) is 65.6 Å². The highest BCUT2D eigenvalue weighted by molar-refractivity contribution is 5.97. The van der Waals surface area contributed by atoms with Crippen molar-refractivity contribution in [2.75, 3.05) is 25.2 Å². The zero-order valence-corrected chi connectivity index (χ0v) is 19.6. The van der Waals surface area contributed by atoms with Crippen LogP contribution in [0.3, 0.4) is 0 Å². The Bertz CT molecular complexity index is 1310. The zero-order chi connectivity index (χ0) is 23.5. The van der Waals surface area contributed by atoms with E-state index in [1.54, 1.807) is 7.11 Å². The number of imidazole rings is 1. The molecule has 0 N–H and O–H groups in total. The molecule has 0 spiro atoms. The summed E-state index contributed by atoms with van der Waals surface area (Å²) in [5.41, 5.74) is 4.00. The molecule has 4 aromatic rings. The molecule has 1 atom stereocenters. The SMILES string of the molecule is COc1ccccc1N1C[C@@H](c2nc3ccccc3n2CCCOc2ccccc2C)CC1=O. The van der Waals surface area contributed by atoms with Gasteiger partial charge in [0.05, 0.1) is 30.4 Å². The van der Waals surface area contributed by atoms with Gasteiger partial charge in [0.2, 0.25) is 5.91 Å². The van der Waals surface area contributed by atoms with Crippen molar-refractivity contribution in [2.24, 2.45) is 0 Å². The van der Waals surface area contributed by atoms with Crippen molar-refractivity contribution in [1.29, 1.82) is 0 Å². The summed E-state index contributed by atoms with van der Waals surface area (Å²) >= 11 is 0. The number of ether oxygens (including phenoxy) is 2. The van der Waals surface area contributed by atoms with Gasteiger partial charge >= 0.3 is 0 Å². The largest absolute Gasteiger partial charge is 0.495 e. The molecule has 34 heavy (non-hydrogen) atoms. The number of hydrogen-bond donors (Lipinski definition) is 0. The van der Waals surface area contributed by atoms with Crippen molar-refractivity contribution in [1.82, 2.24) is 9.55 Å². The Hall–Kier alpha value is -3.80. The molecule has 1 fully saturated rings. The van der Waals surface area contributed by atoms with Gasteiger partial charge in [-0.05, 0) is 49.2 Å². The molecule has 1 aliphatic rings. The monoisotopic (exact) mass is 455 g/mol.